The highest BCUT2D eigenvalue weighted by molar-refractivity contribution is 6.24. The molecule has 0 heterocycles. The summed E-state index contributed by atoms with van der Waals surface area (Å²) in [7, 11) is 6.70. The highest BCUT2D eigenvalue weighted by Crippen LogP contribution is 2.54. The highest BCUT2D eigenvalue weighted by Gasteiger charge is 2.64. The Hall–Kier alpha value is -4.79. The molecule has 0 unspecified atom stereocenters. The fourth-order valence-corrected chi connectivity index (χ4v) is 6.49. The molecule has 2 aromatic carbocycles. The molecule has 1 amide bonds. The van der Waals surface area contributed by atoms with E-state index in [4.69, 9.17) is 11.5 Å². The zero-order valence-electron chi connectivity index (χ0n) is 23.6. The number of amides is 1. The van der Waals surface area contributed by atoms with Crippen molar-refractivity contribution in [3.63, 3.8) is 0 Å². The smallest absolute Gasteiger partial charge is 0.255 e. The number of primary amides is 1. The van der Waals surface area contributed by atoms with Crippen LogP contribution in [0.5, 0.6) is 5.75 Å². The number of carbonyl (C=O) groups excluding carboxylic acids is 3. The Morgan fingerprint density at radius 3 is 2.26 bits per heavy atom. The van der Waals surface area contributed by atoms with Gasteiger partial charge >= 0.3 is 0 Å². The molecule has 1 fully saturated rings. The Bertz CT molecular complexity index is 1680. The first-order chi connectivity index (χ1) is 19.7. The van der Waals surface area contributed by atoms with Gasteiger partial charge in [-0.15, -0.1) is 0 Å². The van der Waals surface area contributed by atoms with Crippen LogP contribution < -0.4 is 16.4 Å². The number of carbonyl (C=O) groups is 3. The molecule has 0 bridgehead atoms. The van der Waals surface area contributed by atoms with Gasteiger partial charge < -0.3 is 36.8 Å². The third-order valence-corrected chi connectivity index (χ3v) is 8.43. The maximum Gasteiger partial charge on any atom is 0.255 e. The Kier molecular flexibility index (Phi) is 6.80. The van der Waals surface area contributed by atoms with Gasteiger partial charge in [0.05, 0.1) is 17.2 Å². The molecule has 3 aliphatic rings. The van der Waals surface area contributed by atoms with Gasteiger partial charge in [0.2, 0.25) is 5.78 Å². The number of hydrogen-bond donors (Lipinski definition) is 6. The Balaban J connectivity index is 1.72. The minimum Gasteiger partial charge on any atom is -0.508 e. The summed E-state index contributed by atoms with van der Waals surface area (Å²) in [5, 5.41) is 45.7. The molecule has 2 aromatic rings. The fourth-order valence-electron chi connectivity index (χ4n) is 6.49. The topological polar surface area (TPSA) is 191 Å². The zero-order valence-corrected chi connectivity index (χ0v) is 23.6. The second-order valence-electron chi connectivity index (χ2n) is 11.4. The first-order valence-corrected chi connectivity index (χ1v) is 13.3. The number of phenolic OH excluding ortho intramolecular Hbond substituents is 1. The predicted molar refractivity (Wildman–Crippen MR) is 155 cm³/mol. The van der Waals surface area contributed by atoms with Crippen LogP contribution in [0.1, 0.15) is 28.7 Å². The van der Waals surface area contributed by atoms with Crippen LogP contribution in [0, 0.1) is 23.7 Å². The summed E-state index contributed by atoms with van der Waals surface area (Å²) in [5.41, 5.74) is 9.95. The Morgan fingerprint density at radius 1 is 1.05 bits per heavy atom. The van der Waals surface area contributed by atoms with Crippen LogP contribution in [0.15, 0.2) is 47.2 Å². The van der Waals surface area contributed by atoms with Crippen molar-refractivity contribution in [1.82, 2.24) is 4.90 Å². The van der Waals surface area contributed by atoms with Crippen LogP contribution in [0.3, 0.4) is 0 Å². The standard InChI is InChI=1S/C31H32N4O7/c1-34(2)20-13-15(8-5-14-6-9-17(32)10-7-14)25(36)22-18(20)11-16-12-19-24(35(3)4)27(38)23(30(33)41)29(40)31(19,42)28(39)21(16)26(22)37/h6-7,9-10,13,16,19,24,36-37,40,42H,11-12,32H2,1-4H3,(H2,33,41)/t16-,19-,24-,31-/m1/s1. The number of benzene rings is 2. The summed E-state index contributed by atoms with van der Waals surface area (Å²) in [6.45, 7) is 0. The Labute approximate surface area is 242 Å². The van der Waals surface area contributed by atoms with Crippen molar-refractivity contribution in [1.29, 1.82) is 0 Å². The lowest BCUT2D eigenvalue weighted by atomic mass is 9.57. The number of nitrogens with zero attached hydrogens (tertiary/aromatic N) is 2. The number of rotatable bonds is 3. The molecule has 11 nitrogen and oxygen atoms in total. The molecule has 1 saturated carbocycles. The van der Waals surface area contributed by atoms with Crippen LogP contribution in [0.4, 0.5) is 11.4 Å². The van der Waals surface area contributed by atoms with E-state index in [1.165, 1.54) is 4.90 Å². The van der Waals surface area contributed by atoms with Gasteiger partial charge in [0.15, 0.2) is 11.4 Å². The molecule has 0 saturated heterocycles. The van der Waals surface area contributed by atoms with Crippen LogP contribution in [-0.2, 0) is 20.8 Å². The number of Topliss-reactive ketones (excluding diaryl/α,β-unsaturated/α-hetero) is 2. The summed E-state index contributed by atoms with van der Waals surface area (Å²) in [6.07, 6.45) is 0.194. The number of aliphatic hydroxyl groups excluding tert-OH is 2. The number of aliphatic hydroxyl groups is 3. The fraction of sp³-hybridized carbons (Fsp3) is 0.323. The lowest BCUT2D eigenvalue weighted by Gasteiger charge is -2.50. The number of phenols is 1. The van der Waals surface area contributed by atoms with Gasteiger partial charge in [0.1, 0.15) is 22.8 Å². The van der Waals surface area contributed by atoms with E-state index in [0.717, 1.165) is 0 Å². The zero-order chi connectivity index (χ0) is 30.8. The summed E-state index contributed by atoms with van der Waals surface area (Å²) < 4.78 is 0. The maximum absolute atomic E-state index is 14.1. The summed E-state index contributed by atoms with van der Waals surface area (Å²) in [6, 6.07) is 7.38. The molecule has 42 heavy (non-hydrogen) atoms. The SMILES string of the molecule is CN(C)c1cc(C#Cc2ccc(N)cc2)c(O)c2c1C[C@@H]1C[C@@H]3[C@@H](N(C)C)C(=O)C(C(N)=O)=C(O)[C@]3(O)C(=O)C1=C2O. The van der Waals surface area contributed by atoms with Crippen molar-refractivity contribution in [3.05, 3.63) is 69.5 Å². The van der Waals surface area contributed by atoms with Gasteiger partial charge in [-0.25, -0.2) is 0 Å². The summed E-state index contributed by atoms with van der Waals surface area (Å²) in [5.74, 6) is -1.12. The van der Waals surface area contributed by atoms with Crippen molar-refractivity contribution in [2.75, 3.05) is 38.8 Å². The van der Waals surface area contributed by atoms with Crippen molar-refractivity contribution in [3.8, 4) is 17.6 Å². The lowest BCUT2D eigenvalue weighted by Crippen LogP contribution is -2.65. The molecular formula is C31H32N4O7. The van der Waals surface area contributed by atoms with Crippen LogP contribution in [-0.4, -0.2) is 82.6 Å². The van der Waals surface area contributed by atoms with E-state index in [2.05, 4.69) is 11.8 Å². The van der Waals surface area contributed by atoms with Gasteiger partial charge in [-0.1, -0.05) is 11.8 Å². The Morgan fingerprint density at radius 2 is 1.69 bits per heavy atom. The van der Waals surface area contributed by atoms with Crippen molar-refractivity contribution in [2.24, 2.45) is 17.6 Å². The van der Waals surface area contributed by atoms with Crippen molar-refractivity contribution in [2.45, 2.75) is 24.5 Å². The number of hydrogen-bond acceptors (Lipinski definition) is 10. The van der Waals surface area contributed by atoms with Gasteiger partial charge in [0, 0.05) is 42.5 Å². The molecule has 3 aliphatic carbocycles. The van der Waals surface area contributed by atoms with Crippen molar-refractivity contribution >= 4 is 34.6 Å². The van der Waals surface area contributed by atoms with Gasteiger partial charge in [-0.2, -0.15) is 0 Å². The second kappa shape index (κ2) is 9.94. The largest absolute Gasteiger partial charge is 0.508 e. The van der Waals surface area contributed by atoms with E-state index in [-0.39, 0.29) is 35.3 Å². The van der Waals surface area contributed by atoms with Gasteiger partial charge in [-0.3, -0.25) is 19.3 Å². The first kappa shape index (κ1) is 28.7. The van der Waals surface area contributed by atoms with Crippen molar-refractivity contribution < 1.29 is 34.8 Å². The van der Waals surface area contributed by atoms with E-state index in [1.54, 1.807) is 63.4 Å². The molecule has 0 spiro atoms. The molecule has 4 atom stereocenters. The molecule has 218 valence electrons. The minimum atomic E-state index is -2.70. The third-order valence-electron chi connectivity index (χ3n) is 8.43. The number of anilines is 2. The van der Waals surface area contributed by atoms with E-state index >= 15 is 0 Å². The van der Waals surface area contributed by atoms with Gasteiger partial charge in [-0.05, 0) is 68.8 Å². The molecule has 0 aromatic heterocycles. The van der Waals surface area contributed by atoms with E-state index in [0.29, 0.717) is 22.5 Å². The average Bonchev–Trinajstić information content (AvgIpc) is 2.90. The minimum absolute atomic E-state index is 0.0120. The van der Waals surface area contributed by atoms with E-state index in [1.807, 2.05) is 0 Å². The highest BCUT2D eigenvalue weighted by atomic mass is 16.3. The number of nitrogen functional groups attached to an aromatic ring is 1. The number of fused-ring (bicyclic) bond motifs is 3. The first-order valence-electron chi connectivity index (χ1n) is 13.3. The average molecular weight is 573 g/mol. The molecule has 0 radical (unpaired) electrons. The number of nitrogens with two attached hydrogens (primary N) is 2. The molecule has 0 aliphatic heterocycles. The molecule has 8 N–H and O–H groups in total. The normalized spacial score (nSPS) is 25.0. The van der Waals surface area contributed by atoms with Crippen LogP contribution >= 0.6 is 0 Å². The maximum atomic E-state index is 14.1. The number of likely N-dealkylation sites (N-methyl/N-ethyl adjacent to an activating group) is 1. The molecule has 11 heteroatoms. The molecular weight excluding hydrogens is 540 g/mol. The summed E-state index contributed by atoms with van der Waals surface area (Å²) >= 11 is 0. The van der Waals surface area contributed by atoms with Crippen LogP contribution in [0.2, 0.25) is 0 Å². The van der Waals surface area contributed by atoms with E-state index < -0.39 is 58.0 Å². The van der Waals surface area contributed by atoms with Gasteiger partial charge in [0.25, 0.3) is 5.91 Å². The predicted octanol–water partition coefficient (Wildman–Crippen LogP) is 1.01. The third kappa shape index (κ3) is 4.10. The second-order valence-corrected chi connectivity index (χ2v) is 11.4. The number of aromatic hydroxyl groups is 1. The van der Waals surface area contributed by atoms with E-state index in [9.17, 15) is 34.8 Å². The monoisotopic (exact) mass is 572 g/mol. The molecule has 5 rings (SSSR count). The lowest BCUT2D eigenvalue weighted by molar-refractivity contribution is -0.153. The summed E-state index contributed by atoms with van der Waals surface area (Å²) in [4.78, 5) is 42.7. The quantitative estimate of drug-likeness (QED) is 0.176. The number of ketones is 2. The van der Waals surface area contributed by atoms with Crippen LogP contribution in [0.25, 0.3) is 5.76 Å².